The van der Waals surface area contributed by atoms with Gasteiger partial charge in [-0.3, -0.25) is 0 Å². The Bertz CT molecular complexity index is 625. The fourth-order valence-corrected chi connectivity index (χ4v) is 1.72. The van der Waals surface area contributed by atoms with Gasteiger partial charge in [0.15, 0.2) is 0 Å². The van der Waals surface area contributed by atoms with Crippen molar-refractivity contribution in [2.45, 2.75) is 12.3 Å². The average molecular weight is 259 g/mol. The van der Waals surface area contributed by atoms with Crippen LogP contribution < -0.4 is 0 Å². The van der Waals surface area contributed by atoms with Crippen molar-refractivity contribution >= 4 is 5.97 Å². The molecule has 0 spiro atoms. The topological polar surface area (TPSA) is 74.2 Å². The van der Waals surface area contributed by atoms with Crippen molar-refractivity contribution in [1.82, 2.24) is 0 Å². The summed E-state index contributed by atoms with van der Waals surface area (Å²) in [6.45, 7) is 0. The minimum absolute atomic E-state index is 0.200. The molecule has 1 aromatic carbocycles. The van der Waals surface area contributed by atoms with Crippen LogP contribution in [0.25, 0.3) is 0 Å². The second-order valence-corrected chi connectivity index (χ2v) is 4.02. The van der Waals surface area contributed by atoms with Crippen molar-refractivity contribution in [3.8, 4) is 6.07 Å². The molecule has 0 saturated carbocycles. The Hall–Kier alpha value is -2.61. The molecule has 0 aliphatic heterocycles. The monoisotopic (exact) mass is 259 g/mol. The van der Waals surface area contributed by atoms with E-state index in [0.29, 0.717) is 12.2 Å². The fourth-order valence-electron chi connectivity index (χ4n) is 1.72. The summed E-state index contributed by atoms with van der Waals surface area (Å²) in [5.74, 6) is -2.02. The van der Waals surface area contributed by atoms with Crippen LogP contribution in [0.15, 0.2) is 40.8 Å². The smallest absolute Gasteiger partial charge is 0.371 e. The lowest BCUT2D eigenvalue weighted by atomic mass is 9.98. The Kier molecular flexibility index (Phi) is 3.62. The van der Waals surface area contributed by atoms with Gasteiger partial charge in [0.05, 0.1) is 6.07 Å². The number of benzene rings is 1. The molecular formula is C14H10FNO3. The molecule has 0 amide bonds. The molecule has 4 nitrogen and oxygen atoms in total. The van der Waals surface area contributed by atoms with Crippen LogP contribution in [0.2, 0.25) is 0 Å². The molecule has 1 heterocycles. The van der Waals surface area contributed by atoms with Crippen molar-refractivity contribution in [3.63, 3.8) is 0 Å². The van der Waals surface area contributed by atoms with Crippen LogP contribution >= 0.6 is 0 Å². The number of furan rings is 1. The maximum absolute atomic E-state index is 12.8. The summed E-state index contributed by atoms with van der Waals surface area (Å²) in [7, 11) is 0. The summed E-state index contributed by atoms with van der Waals surface area (Å²) in [5, 5.41) is 17.9. The number of halogens is 1. The molecule has 0 aliphatic rings. The summed E-state index contributed by atoms with van der Waals surface area (Å²) in [6, 6.07) is 10.6. The van der Waals surface area contributed by atoms with Crippen LogP contribution in [0.1, 0.15) is 27.8 Å². The number of nitrogens with zero attached hydrogens (tertiary/aromatic N) is 1. The minimum Gasteiger partial charge on any atom is -0.475 e. The van der Waals surface area contributed by atoms with Gasteiger partial charge in [-0.1, -0.05) is 12.1 Å². The van der Waals surface area contributed by atoms with Crippen LogP contribution in [0.4, 0.5) is 4.39 Å². The first-order valence-electron chi connectivity index (χ1n) is 5.57. The van der Waals surface area contributed by atoms with E-state index >= 15 is 0 Å². The molecule has 1 aromatic heterocycles. The molecule has 19 heavy (non-hydrogen) atoms. The first-order valence-corrected chi connectivity index (χ1v) is 5.57. The molecule has 2 aromatic rings. The van der Waals surface area contributed by atoms with E-state index in [1.54, 1.807) is 12.1 Å². The van der Waals surface area contributed by atoms with Crippen LogP contribution in [0.5, 0.6) is 0 Å². The lowest BCUT2D eigenvalue weighted by Crippen LogP contribution is -1.99. The SMILES string of the molecule is N#CC(Cc1ccc(F)cc1)c1ccc(C(=O)O)o1. The number of hydrogen-bond acceptors (Lipinski definition) is 3. The summed E-state index contributed by atoms with van der Waals surface area (Å²) < 4.78 is 17.9. The maximum atomic E-state index is 12.8. The van der Waals surface area contributed by atoms with Gasteiger partial charge in [0.1, 0.15) is 17.5 Å². The van der Waals surface area contributed by atoms with Gasteiger partial charge in [-0.15, -0.1) is 0 Å². The lowest BCUT2D eigenvalue weighted by Gasteiger charge is -2.06. The second kappa shape index (κ2) is 5.36. The third-order valence-corrected chi connectivity index (χ3v) is 2.69. The van der Waals surface area contributed by atoms with Crippen molar-refractivity contribution in [2.24, 2.45) is 0 Å². The Morgan fingerprint density at radius 1 is 1.32 bits per heavy atom. The molecule has 1 atom stereocenters. The van der Waals surface area contributed by atoms with E-state index in [9.17, 15) is 9.18 Å². The summed E-state index contributed by atoms with van der Waals surface area (Å²) in [5.41, 5.74) is 0.779. The van der Waals surface area contributed by atoms with Gasteiger partial charge in [0.2, 0.25) is 5.76 Å². The lowest BCUT2D eigenvalue weighted by molar-refractivity contribution is 0.0660. The molecule has 0 radical (unpaired) electrons. The highest BCUT2D eigenvalue weighted by molar-refractivity contribution is 5.84. The van der Waals surface area contributed by atoms with Crippen LogP contribution in [-0.2, 0) is 6.42 Å². The number of carboxylic acids is 1. The van der Waals surface area contributed by atoms with Gasteiger partial charge in [-0.05, 0) is 36.2 Å². The maximum Gasteiger partial charge on any atom is 0.371 e. The zero-order chi connectivity index (χ0) is 13.8. The number of rotatable bonds is 4. The van der Waals surface area contributed by atoms with Crippen LogP contribution in [0.3, 0.4) is 0 Å². The van der Waals surface area contributed by atoms with Crippen molar-refractivity contribution < 1.29 is 18.7 Å². The standard InChI is InChI=1S/C14H10FNO3/c15-11-3-1-9(2-4-11)7-10(8-16)12-5-6-13(19-12)14(17)18/h1-6,10H,7H2,(H,17,18). The zero-order valence-corrected chi connectivity index (χ0v) is 9.84. The molecule has 96 valence electrons. The number of hydrogen-bond donors (Lipinski definition) is 1. The van der Waals surface area contributed by atoms with E-state index in [4.69, 9.17) is 14.8 Å². The molecule has 2 rings (SSSR count). The minimum atomic E-state index is -1.18. The van der Waals surface area contributed by atoms with Crippen molar-refractivity contribution in [1.29, 1.82) is 5.26 Å². The predicted molar refractivity (Wildman–Crippen MR) is 64.1 cm³/mol. The Balaban J connectivity index is 2.18. The van der Waals surface area contributed by atoms with E-state index in [-0.39, 0.29) is 11.6 Å². The third kappa shape index (κ3) is 2.99. The molecule has 0 fully saturated rings. The molecule has 1 unspecified atom stereocenters. The van der Waals surface area contributed by atoms with Gasteiger partial charge >= 0.3 is 5.97 Å². The Labute approximate surface area is 108 Å². The predicted octanol–water partition coefficient (Wildman–Crippen LogP) is 2.97. The number of carboxylic acid groups (broad SMARTS) is 1. The first-order chi connectivity index (χ1) is 9.10. The molecule has 0 bridgehead atoms. The summed E-state index contributed by atoms with van der Waals surface area (Å²) in [6.07, 6.45) is 0.337. The number of nitriles is 1. The van der Waals surface area contributed by atoms with Gasteiger partial charge in [-0.25, -0.2) is 9.18 Å². The van der Waals surface area contributed by atoms with Crippen LogP contribution in [0, 0.1) is 17.1 Å². The molecule has 5 heteroatoms. The highest BCUT2D eigenvalue weighted by Gasteiger charge is 2.18. The van der Waals surface area contributed by atoms with E-state index in [1.165, 1.54) is 24.3 Å². The highest BCUT2D eigenvalue weighted by atomic mass is 19.1. The molecular weight excluding hydrogens is 249 g/mol. The largest absolute Gasteiger partial charge is 0.475 e. The number of aromatic carboxylic acids is 1. The normalized spacial score (nSPS) is 11.8. The molecule has 0 aliphatic carbocycles. The van der Waals surface area contributed by atoms with Gasteiger partial charge in [-0.2, -0.15) is 5.26 Å². The molecule has 0 saturated heterocycles. The average Bonchev–Trinajstić information content (AvgIpc) is 2.88. The van der Waals surface area contributed by atoms with E-state index in [2.05, 4.69) is 6.07 Å². The van der Waals surface area contributed by atoms with Gasteiger partial charge in [0, 0.05) is 0 Å². The van der Waals surface area contributed by atoms with E-state index in [0.717, 1.165) is 5.56 Å². The molecule has 1 N–H and O–H groups in total. The van der Waals surface area contributed by atoms with E-state index < -0.39 is 11.9 Å². The van der Waals surface area contributed by atoms with Crippen LogP contribution in [-0.4, -0.2) is 11.1 Å². The number of carbonyl (C=O) groups is 1. The second-order valence-electron chi connectivity index (χ2n) is 4.02. The van der Waals surface area contributed by atoms with E-state index in [1.807, 2.05) is 0 Å². The first kappa shape index (κ1) is 12.8. The quantitative estimate of drug-likeness (QED) is 0.915. The van der Waals surface area contributed by atoms with Crippen molar-refractivity contribution in [3.05, 3.63) is 59.3 Å². The Morgan fingerprint density at radius 3 is 2.53 bits per heavy atom. The van der Waals surface area contributed by atoms with Crippen molar-refractivity contribution in [2.75, 3.05) is 0 Å². The fraction of sp³-hybridized carbons (Fsp3) is 0.143. The van der Waals surface area contributed by atoms with Gasteiger partial charge in [0.25, 0.3) is 0 Å². The summed E-state index contributed by atoms with van der Waals surface area (Å²) >= 11 is 0. The highest BCUT2D eigenvalue weighted by Crippen LogP contribution is 2.22. The summed E-state index contributed by atoms with van der Waals surface area (Å²) in [4.78, 5) is 10.7. The third-order valence-electron chi connectivity index (χ3n) is 2.69. The Morgan fingerprint density at radius 2 is 2.00 bits per heavy atom. The zero-order valence-electron chi connectivity index (χ0n) is 9.84. The van der Waals surface area contributed by atoms with Gasteiger partial charge < -0.3 is 9.52 Å².